The number of carbonyl (C=O) groups excluding carboxylic acids is 2. The molecule has 136 valence electrons. The highest BCUT2D eigenvalue weighted by molar-refractivity contribution is 5.72. The SMILES string of the molecule is CC(C)(C)CC(=O)OCCC(=O)OC1(C)C2CC3CC(C2)CC1C3. The van der Waals surface area contributed by atoms with Crippen LogP contribution in [0.4, 0.5) is 0 Å². The number of hydrogen-bond acceptors (Lipinski definition) is 4. The second-order valence-electron chi connectivity index (χ2n) is 9.67. The molecule has 0 radical (unpaired) electrons. The first-order valence-electron chi connectivity index (χ1n) is 9.53. The summed E-state index contributed by atoms with van der Waals surface area (Å²) >= 11 is 0. The van der Waals surface area contributed by atoms with Crippen molar-refractivity contribution in [3.05, 3.63) is 0 Å². The molecule has 0 aliphatic heterocycles. The van der Waals surface area contributed by atoms with Crippen LogP contribution in [0.5, 0.6) is 0 Å². The molecule has 0 heterocycles. The standard InChI is InChI=1S/C20H32O4/c1-19(2,3)12-18(22)23-6-5-17(21)24-20(4)15-8-13-7-14(10-15)11-16(20)9-13/h13-16H,5-12H2,1-4H3. The van der Waals surface area contributed by atoms with Crippen LogP contribution in [-0.2, 0) is 19.1 Å². The van der Waals surface area contributed by atoms with E-state index in [1.807, 2.05) is 20.8 Å². The third-order valence-corrected chi connectivity index (χ3v) is 6.34. The van der Waals surface area contributed by atoms with Gasteiger partial charge in [-0.05, 0) is 68.1 Å². The molecule has 4 rings (SSSR count). The van der Waals surface area contributed by atoms with Crippen molar-refractivity contribution in [3.63, 3.8) is 0 Å². The molecule has 0 amide bonds. The highest BCUT2D eigenvalue weighted by Crippen LogP contribution is 2.59. The van der Waals surface area contributed by atoms with Crippen molar-refractivity contribution >= 4 is 11.9 Å². The summed E-state index contributed by atoms with van der Waals surface area (Å²) in [5.74, 6) is 2.32. The summed E-state index contributed by atoms with van der Waals surface area (Å²) < 4.78 is 11.2. The van der Waals surface area contributed by atoms with Crippen LogP contribution >= 0.6 is 0 Å². The highest BCUT2D eigenvalue weighted by Gasteiger charge is 2.56. The first-order valence-corrected chi connectivity index (χ1v) is 9.53. The van der Waals surface area contributed by atoms with Crippen molar-refractivity contribution in [1.82, 2.24) is 0 Å². The molecule has 24 heavy (non-hydrogen) atoms. The summed E-state index contributed by atoms with van der Waals surface area (Å²) in [6.07, 6.45) is 6.80. The van der Waals surface area contributed by atoms with E-state index in [1.54, 1.807) is 0 Å². The Bertz CT molecular complexity index is 474. The molecule has 0 aromatic heterocycles. The maximum absolute atomic E-state index is 12.3. The zero-order chi connectivity index (χ0) is 17.5. The Morgan fingerprint density at radius 3 is 2.00 bits per heavy atom. The smallest absolute Gasteiger partial charge is 0.309 e. The van der Waals surface area contributed by atoms with Gasteiger partial charge in [-0.2, -0.15) is 0 Å². The number of ether oxygens (including phenoxy) is 2. The van der Waals surface area contributed by atoms with Gasteiger partial charge in [0.2, 0.25) is 0 Å². The average molecular weight is 336 g/mol. The minimum Gasteiger partial charge on any atom is -0.465 e. The molecule has 4 saturated carbocycles. The quantitative estimate of drug-likeness (QED) is 0.709. The molecular weight excluding hydrogens is 304 g/mol. The Labute approximate surface area is 145 Å². The molecule has 0 unspecified atom stereocenters. The van der Waals surface area contributed by atoms with Crippen LogP contribution < -0.4 is 0 Å². The van der Waals surface area contributed by atoms with Gasteiger partial charge < -0.3 is 9.47 Å². The lowest BCUT2D eigenvalue weighted by Gasteiger charge is -2.59. The van der Waals surface area contributed by atoms with Gasteiger partial charge in [0.05, 0.1) is 12.8 Å². The monoisotopic (exact) mass is 336 g/mol. The van der Waals surface area contributed by atoms with Crippen molar-refractivity contribution in [2.45, 2.75) is 78.2 Å². The Morgan fingerprint density at radius 2 is 1.50 bits per heavy atom. The molecule has 0 atom stereocenters. The Morgan fingerprint density at radius 1 is 0.958 bits per heavy atom. The molecule has 4 bridgehead atoms. The van der Waals surface area contributed by atoms with Crippen LogP contribution in [0.15, 0.2) is 0 Å². The Kier molecular flexibility index (Phi) is 4.69. The number of rotatable bonds is 5. The third-order valence-electron chi connectivity index (χ3n) is 6.34. The average Bonchev–Trinajstić information content (AvgIpc) is 2.42. The maximum atomic E-state index is 12.3. The van der Waals surface area contributed by atoms with E-state index in [2.05, 4.69) is 6.92 Å². The van der Waals surface area contributed by atoms with Crippen molar-refractivity contribution in [2.24, 2.45) is 29.1 Å². The van der Waals surface area contributed by atoms with E-state index < -0.39 is 0 Å². The van der Waals surface area contributed by atoms with Gasteiger partial charge in [-0.15, -0.1) is 0 Å². The summed E-state index contributed by atoms with van der Waals surface area (Å²) in [6.45, 7) is 8.26. The second-order valence-corrected chi connectivity index (χ2v) is 9.67. The molecule has 4 fully saturated rings. The van der Waals surface area contributed by atoms with Gasteiger partial charge in [0.15, 0.2) is 0 Å². The first-order chi connectivity index (χ1) is 11.2. The highest BCUT2D eigenvalue weighted by atomic mass is 16.6. The van der Waals surface area contributed by atoms with Gasteiger partial charge in [0.25, 0.3) is 0 Å². The minimum atomic E-state index is -0.292. The maximum Gasteiger partial charge on any atom is 0.309 e. The largest absolute Gasteiger partial charge is 0.465 e. The molecule has 0 N–H and O–H groups in total. The van der Waals surface area contributed by atoms with Gasteiger partial charge in [-0.1, -0.05) is 20.8 Å². The van der Waals surface area contributed by atoms with E-state index in [-0.39, 0.29) is 36.0 Å². The molecule has 4 aliphatic rings. The Hall–Kier alpha value is -1.06. The lowest BCUT2D eigenvalue weighted by Crippen LogP contribution is -2.58. The molecule has 4 heteroatoms. The van der Waals surface area contributed by atoms with Gasteiger partial charge in [0, 0.05) is 0 Å². The van der Waals surface area contributed by atoms with Crippen LogP contribution in [0.2, 0.25) is 0 Å². The molecule has 0 aromatic carbocycles. The molecule has 0 spiro atoms. The summed E-state index contributed by atoms with van der Waals surface area (Å²) in [7, 11) is 0. The minimum absolute atomic E-state index is 0.0918. The van der Waals surface area contributed by atoms with Crippen LogP contribution in [0.25, 0.3) is 0 Å². The van der Waals surface area contributed by atoms with Gasteiger partial charge >= 0.3 is 11.9 Å². The molecule has 4 aliphatic carbocycles. The lowest BCUT2D eigenvalue weighted by molar-refractivity contribution is -0.204. The Balaban J connectivity index is 1.46. The van der Waals surface area contributed by atoms with E-state index >= 15 is 0 Å². The van der Waals surface area contributed by atoms with Crippen LogP contribution in [0, 0.1) is 29.1 Å². The van der Waals surface area contributed by atoms with Crippen LogP contribution in [0.1, 0.15) is 72.6 Å². The fourth-order valence-electron chi connectivity index (χ4n) is 5.32. The van der Waals surface area contributed by atoms with Gasteiger partial charge in [-0.3, -0.25) is 9.59 Å². The van der Waals surface area contributed by atoms with Crippen molar-refractivity contribution in [2.75, 3.05) is 6.61 Å². The number of hydrogen-bond donors (Lipinski definition) is 0. The van der Waals surface area contributed by atoms with Gasteiger partial charge in [0.1, 0.15) is 12.2 Å². The van der Waals surface area contributed by atoms with Gasteiger partial charge in [-0.25, -0.2) is 0 Å². The van der Waals surface area contributed by atoms with E-state index in [0.29, 0.717) is 18.3 Å². The van der Waals surface area contributed by atoms with Crippen molar-refractivity contribution < 1.29 is 19.1 Å². The predicted molar refractivity (Wildman–Crippen MR) is 91.2 cm³/mol. The normalized spacial score (nSPS) is 37.3. The molecular formula is C20H32O4. The van der Waals surface area contributed by atoms with Crippen molar-refractivity contribution in [1.29, 1.82) is 0 Å². The summed E-state index contributed by atoms with van der Waals surface area (Å²) in [5, 5.41) is 0. The topological polar surface area (TPSA) is 52.6 Å². The third kappa shape index (κ3) is 3.78. The summed E-state index contributed by atoms with van der Waals surface area (Å²) in [5.41, 5.74) is -0.384. The van der Waals surface area contributed by atoms with Crippen molar-refractivity contribution in [3.8, 4) is 0 Å². The predicted octanol–water partition coefficient (Wildman–Crippen LogP) is 4.11. The number of carbonyl (C=O) groups is 2. The fraction of sp³-hybridized carbons (Fsp3) is 0.900. The molecule has 0 saturated heterocycles. The lowest BCUT2D eigenvalue weighted by atomic mass is 9.50. The second kappa shape index (κ2) is 6.34. The molecule has 0 aromatic rings. The van der Waals surface area contributed by atoms with E-state index in [4.69, 9.17) is 9.47 Å². The zero-order valence-corrected chi connectivity index (χ0v) is 15.6. The summed E-state index contributed by atoms with van der Waals surface area (Å²) in [4.78, 5) is 24.0. The van der Waals surface area contributed by atoms with E-state index in [0.717, 1.165) is 11.8 Å². The van der Waals surface area contributed by atoms with E-state index in [1.165, 1.54) is 32.1 Å². The fourth-order valence-corrected chi connectivity index (χ4v) is 5.32. The summed E-state index contributed by atoms with van der Waals surface area (Å²) in [6, 6.07) is 0. The van der Waals surface area contributed by atoms with Crippen LogP contribution in [-0.4, -0.2) is 24.1 Å². The zero-order valence-electron chi connectivity index (χ0n) is 15.6. The first kappa shape index (κ1) is 17.8. The van der Waals surface area contributed by atoms with Crippen LogP contribution in [0.3, 0.4) is 0 Å². The van der Waals surface area contributed by atoms with E-state index in [9.17, 15) is 9.59 Å². The number of esters is 2. The molecule has 4 nitrogen and oxygen atoms in total.